The monoisotopic (exact) mass is 428 g/mol. The minimum absolute atomic E-state index is 0.252. The molecule has 0 saturated carbocycles. The molecule has 0 spiro atoms. The van der Waals surface area contributed by atoms with Crippen LogP contribution in [0.15, 0.2) is 48.5 Å². The third-order valence-corrected chi connectivity index (χ3v) is 6.42. The molecule has 2 N–H and O–H groups in total. The lowest BCUT2D eigenvalue weighted by Gasteiger charge is -2.10. The van der Waals surface area contributed by atoms with Gasteiger partial charge in [0.15, 0.2) is 0 Å². The van der Waals surface area contributed by atoms with Crippen LogP contribution in [0.5, 0.6) is 11.5 Å². The van der Waals surface area contributed by atoms with Gasteiger partial charge in [0.1, 0.15) is 11.5 Å². The molecule has 4 amide bonds. The molecule has 148 valence electrons. The summed E-state index contributed by atoms with van der Waals surface area (Å²) in [6.45, 7) is 0. The Balaban J connectivity index is 1.33. The molecule has 29 heavy (non-hydrogen) atoms. The van der Waals surface area contributed by atoms with Crippen LogP contribution in [0.4, 0.5) is 9.59 Å². The van der Waals surface area contributed by atoms with Gasteiger partial charge in [-0.2, -0.15) is 0 Å². The van der Waals surface area contributed by atoms with Crippen molar-refractivity contribution in [2.45, 2.75) is 23.3 Å². The summed E-state index contributed by atoms with van der Waals surface area (Å²) in [5.41, 5.74) is 1.88. The maximum absolute atomic E-state index is 11.6. The van der Waals surface area contributed by atoms with Gasteiger partial charge in [0.2, 0.25) is 11.8 Å². The Hall–Kier alpha value is -2.78. The predicted octanol–water partition coefficient (Wildman–Crippen LogP) is 3.27. The minimum Gasteiger partial charge on any atom is -0.457 e. The van der Waals surface area contributed by atoms with E-state index in [0.29, 0.717) is 24.3 Å². The number of hydrogen-bond acceptors (Lipinski definition) is 7. The van der Waals surface area contributed by atoms with Crippen molar-refractivity contribution in [1.29, 1.82) is 0 Å². The van der Waals surface area contributed by atoms with Gasteiger partial charge in [-0.05, 0) is 48.2 Å². The molecule has 0 radical (unpaired) electrons. The van der Waals surface area contributed by atoms with Crippen molar-refractivity contribution in [1.82, 2.24) is 10.6 Å². The first-order valence-electron chi connectivity index (χ1n) is 8.85. The van der Waals surface area contributed by atoms with E-state index in [-0.39, 0.29) is 22.3 Å². The van der Waals surface area contributed by atoms with Crippen molar-refractivity contribution >= 4 is 45.8 Å². The number of rotatable bonds is 6. The molecule has 2 aromatic carbocycles. The van der Waals surface area contributed by atoms with Crippen molar-refractivity contribution in [3.63, 3.8) is 0 Å². The second-order valence-corrected chi connectivity index (χ2v) is 8.92. The molecule has 4 rings (SSSR count). The summed E-state index contributed by atoms with van der Waals surface area (Å²) in [4.78, 5) is 45.8. The maximum atomic E-state index is 11.6. The Morgan fingerprint density at radius 2 is 1.03 bits per heavy atom. The first-order valence-corrected chi connectivity index (χ1v) is 10.6. The highest BCUT2D eigenvalue weighted by molar-refractivity contribution is 8.15. The van der Waals surface area contributed by atoms with E-state index >= 15 is 0 Å². The van der Waals surface area contributed by atoms with Crippen molar-refractivity contribution in [3.05, 3.63) is 59.7 Å². The van der Waals surface area contributed by atoms with E-state index in [1.54, 1.807) is 0 Å². The second-order valence-electron chi connectivity index (χ2n) is 6.56. The van der Waals surface area contributed by atoms with Crippen molar-refractivity contribution in [2.24, 2.45) is 0 Å². The molecule has 2 aliphatic rings. The lowest BCUT2D eigenvalue weighted by molar-refractivity contribution is -0.119. The molecule has 2 aliphatic heterocycles. The fourth-order valence-electron chi connectivity index (χ4n) is 3.01. The Morgan fingerprint density at radius 3 is 1.34 bits per heavy atom. The minimum atomic E-state index is -0.391. The largest absolute Gasteiger partial charge is 0.457 e. The van der Waals surface area contributed by atoms with Gasteiger partial charge in [0.25, 0.3) is 10.5 Å². The molecule has 9 heteroatoms. The van der Waals surface area contributed by atoms with Gasteiger partial charge in [-0.15, -0.1) is 0 Å². The van der Waals surface area contributed by atoms with Crippen LogP contribution in [0.2, 0.25) is 0 Å². The number of nitrogens with one attached hydrogen (secondary N) is 2. The lowest BCUT2D eigenvalue weighted by Crippen LogP contribution is -2.25. The smallest absolute Gasteiger partial charge is 0.286 e. The molecule has 2 fully saturated rings. The van der Waals surface area contributed by atoms with E-state index in [4.69, 9.17) is 4.74 Å². The summed E-state index contributed by atoms with van der Waals surface area (Å²) < 4.78 is 5.83. The number of ether oxygens (including phenoxy) is 1. The molecule has 7 nitrogen and oxygen atoms in total. The summed E-state index contributed by atoms with van der Waals surface area (Å²) in [6.07, 6.45) is 0.957. The molecule has 2 atom stereocenters. The molecule has 2 aromatic rings. The summed E-state index contributed by atoms with van der Waals surface area (Å²) >= 11 is 2.02. The normalized spacial score (nSPS) is 21.2. The van der Waals surface area contributed by atoms with E-state index < -0.39 is 10.5 Å². The van der Waals surface area contributed by atoms with Gasteiger partial charge < -0.3 is 4.74 Å². The van der Waals surface area contributed by atoms with Gasteiger partial charge in [-0.25, -0.2) is 0 Å². The number of carbonyl (C=O) groups is 4. The molecule has 2 heterocycles. The average molecular weight is 428 g/mol. The highest BCUT2D eigenvalue weighted by atomic mass is 32.2. The second kappa shape index (κ2) is 8.30. The van der Waals surface area contributed by atoms with Crippen LogP contribution in [0.3, 0.4) is 0 Å². The maximum Gasteiger partial charge on any atom is 0.286 e. The lowest BCUT2D eigenvalue weighted by atomic mass is 10.1. The van der Waals surface area contributed by atoms with Crippen LogP contribution in [0.1, 0.15) is 11.1 Å². The van der Waals surface area contributed by atoms with Crippen LogP contribution in [-0.2, 0) is 22.4 Å². The highest BCUT2D eigenvalue weighted by Gasteiger charge is 2.32. The zero-order chi connectivity index (χ0) is 20.4. The van der Waals surface area contributed by atoms with Crippen LogP contribution < -0.4 is 15.4 Å². The molecule has 0 bridgehead atoms. The summed E-state index contributed by atoms with van der Waals surface area (Å²) in [5.74, 6) is 0.798. The first-order chi connectivity index (χ1) is 14.0. The topological polar surface area (TPSA) is 102 Å². The van der Waals surface area contributed by atoms with Gasteiger partial charge >= 0.3 is 0 Å². The van der Waals surface area contributed by atoms with E-state index in [1.165, 1.54) is 0 Å². The fraction of sp³-hybridized carbons (Fsp3) is 0.200. The van der Waals surface area contributed by atoms with Crippen LogP contribution in [0, 0.1) is 0 Å². The molecular formula is C20H16N2O5S2. The van der Waals surface area contributed by atoms with Crippen molar-refractivity contribution < 1.29 is 23.9 Å². The van der Waals surface area contributed by atoms with E-state index in [2.05, 4.69) is 10.6 Å². The van der Waals surface area contributed by atoms with Gasteiger partial charge in [0.05, 0.1) is 10.5 Å². The molecule has 2 saturated heterocycles. The third kappa shape index (κ3) is 4.80. The summed E-state index contributed by atoms with van der Waals surface area (Å²) in [6, 6.07) is 14.7. The van der Waals surface area contributed by atoms with E-state index in [9.17, 15) is 19.2 Å². The zero-order valence-corrected chi connectivity index (χ0v) is 16.7. The number of hydrogen-bond donors (Lipinski definition) is 2. The predicted molar refractivity (Wildman–Crippen MR) is 110 cm³/mol. The van der Waals surface area contributed by atoms with Gasteiger partial charge in [-0.1, -0.05) is 47.8 Å². The molecular weight excluding hydrogens is 412 g/mol. The third-order valence-electron chi connectivity index (χ3n) is 4.46. The quantitative estimate of drug-likeness (QED) is 0.728. The Bertz CT molecular complexity index is 896. The number of amides is 4. The fourth-order valence-corrected chi connectivity index (χ4v) is 4.73. The molecule has 0 aromatic heterocycles. The van der Waals surface area contributed by atoms with Gasteiger partial charge in [-0.3, -0.25) is 29.8 Å². The summed E-state index contributed by atoms with van der Waals surface area (Å²) in [5, 5.41) is 3.18. The van der Waals surface area contributed by atoms with E-state index in [0.717, 1.165) is 34.7 Å². The molecule has 0 aliphatic carbocycles. The number of imide groups is 2. The Morgan fingerprint density at radius 1 is 0.655 bits per heavy atom. The van der Waals surface area contributed by atoms with Crippen LogP contribution >= 0.6 is 23.5 Å². The average Bonchev–Trinajstić information content (AvgIpc) is 3.18. The first kappa shape index (κ1) is 19.5. The highest BCUT2D eigenvalue weighted by Crippen LogP contribution is 2.27. The van der Waals surface area contributed by atoms with E-state index in [1.807, 2.05) is 48.5 Å². The van der Waals surface area contributed by atoms with Crippen molar-refractivity contribution in [2.75, 3.05) is 0 Å². The Labute approximate surface area is 175 Å². The summed E-state index contributed by atoms with van der Waals surface area (Å²) in [7, 11) is 0. The van der Waals surface area contributed by atoms with Gasteiger partial charge in [0, 0.05) is 0 Å². The molecule has 2 unspecified atom stereocenters. The zero-order valence-electron chi connectivity index (χ0n) is 15.0. The standard InChI is InChI=1S/C20H16N2O5S2/c23-17-15(28-19(25)21-17)9-11-1-5-13(6-2-11)27-14-7-3-12(4-8-14)10-16-18(24)22-20(26)29-16/h1-8,15-16H,9-10H2,(H,21,23,25)(H,22,24,26). The number of carbonyl (C=O) groups excluding carboxylic acids is 4. The number of thioether (sulfide) groups is 2. The number of benzene rings is 2. The Kier molecular flexibility index (Phi) is 5.59. The van der Waals surface area contributed by atoms with Crippen LogP contribution in [0.25, 0.3) is 0 Å². The SMILES string of the molecule is O=C1NC(=O)C(Cc2ccc(Oc3ccc(CC4SC(=O)NC4=O)cc3)cc2)S1. The van der Waals surface area contributed by atoms with Crippen molar-refractivity contribution in [3.8, 4) is 11.5 Å². The van der Waals surface area contributed by atoms with Crippen LogP contribution in [-0.4, -0.2) is 32.8 Å².